The van der Waals surface area contributed by atoms with E-state index in [-0.39, 0.29) is 5.63 Å². The van der Waals surface area contributed by atoms with Gasteiger partial charge in [-0.1, -0.05) is 25.1 Å². The molecule has 2 nitrogen and oxygen atoms in total. The third kappa shape index (κ3) is 1.55. The van der Waals surface area contributed by atoms with Crippen molar-refractivity contribution in [2.75, 3.05) is 0 Å². The van der Waals surface area contributed by atoms with E-state index in [1.165, 1.54) is 0 Å². The summed E-state index contributed by atoms with van der Waals surface area (Å²) < 4.78 is 5.18. The molecule has 2 aromatic rings. The van der Waals surface area contributed by atoms with E-state index in [2.05, 4.69) is 6.92 Å². The highest BCUT2D eigenvalue weighted by atomic mass is 16.4. The Balaban J connectivity index is 2.66. The minimum absolute atomic E-state index is 0.230. The fraction of sp³-hybridized carbons (Fsp3) is 0.250. The van der Waals surface area contributed by atoms with Crippen molar-refractivity contribution in [1.29, 1.82) is 0 Å². The van der Waals surface area contributed by atoms with Gasteiger partial charge < -0.3 is 4.42 Å². The van der Waals surface area contributed by atoms with Crippen LogP contribution in [0, 0.1) is 0 Å². The van der Waals surface area contributed by atoms with Crippen LogP contribution in [0.25, 0.3) is 10.8 Å². The maximum Gasteiger partial charge on any atom is 0.343 e. The third-order valence-electron chi connectivity index (χ3n) is 2.22. The molecule has 14 heavy (non-hydrogen) atoms. The topological polar surface area (TPSA) is 30.2 Å². The molecule has 0 atom stereocenters. The van der Waals surface area contributed by atoms with E-state index in [0.717, 1.165) is 24.0 Å². The average molecular weight is 188 g/mol. The van der Waals surface area contributed by atoms with Crippen molar-refractivity contribution in [3.05, 3.63) is 46.5 Å². The van der Waals surface area contributed by atoms with Gasteiger partial charge in [-0.2, -0.15) is 0 Å². The molecule has 0 fully saturated rings. The van der Waals surface area contributed by atoms with Crippen molar-refractivity contribution in [3.63, 3.8) is 0 Å². The Bertz CT molecular complexity index is 497. The second-order valence-corrected chi connectivity index (χ2v) is 3.34. The van der Waals surface area contributed by atoms with E-state index >= 15 is 0 Å². The van der Waals surface area contributed by atoms with Crippen LogP contribution in [0.1, 0.15) is 19.1 Å². The van der Waals surface area contributed by atoms with Gasteiger partial charge in [-0.05, 0) is 23.9 Å². The van der Waals surface area contributed by atoms with Crippen LogP contribution in [-0.4, -0.2) is 0 Å². The van der Waals surface area contributed by atoms with Crippen molar-refractivity contribution >= 4 is 10.8 Å². The standard InChI is InChI=1S/C12H12O2/c1-2-5-10-8-9-6-3-4-7-11(9)12(13)14-10/h3-4,6-8H,2,5H2,1H3. The third-order valence-corrected chi connectivity index (χ3v) is 2.22. The molecule has 0 aliphatic rings. The highest BCUT2D eigenvalue weighted by Crippen LogP contribution is 2.12. The fourth-order valence-corrected chi connectivity index (χ4v) is 1.56. The molecule has 0 radical (unpaired) electrons. The molecule has 2 heteroatoms. The van der Waals surface area contributed by atoms with E-state index in [9.17, 15) is 4.79 Å². The smallest absolute Gasteiger partial charge is 0.343 e. The molecule has 0 N–H and O–H groups in total. The summed E-state index contributed by atoms with van der Waals surface area (Å²) in [5, 5.41) is 1.62. The van der Waals surface area contributed by atoms with Gasteiger partial charge >= 0.3 is 5.63 Å². The molecule has 1 aromatic carbocycles. The zero-order valence-corrected chi connectivity index (χ0v) is 8.12. The summed E-state index contributed by atoms with van der Waals surface area (Å²) >= 11 is 0. The first-order chi connectivity index (χ1) is 6.81. The van der Waals surface area contributed by atoms with E-state index in [0.29, 0.717) is 5.39 Å². The van der Waals surface area contributed by atoms with Crippen LogP contribution in [0.5, 0.6) is 0 Å². The Labute approximate surface area is 82.2 Å². The van der Waals surface area contributed by atoms with Crippen LogP contribution in [0.15, 0.2) is 39.5 Å². The number of aryl methyl sites for hydroxylation is 1. The Morgan fingerprint density at radius 1 is 1.29 bits per heavy atom. The van der Waals surface area contributed by atoms with E-state index in [1.807, 2.05) is 24.3 Å². The van der Waals surface area contributed by atoms with Crippen LogP contribution in [0.2, 0.25) is 0 Å². The van der Waals surface area contributed by atoms with Gasteiger partial charge in [-0.15, -0.1) is 0 Å². The Morgan fingerprint density at radius 3 is 2.86 bits per heavy atom. The molecule has 0 aliphatic carbocycles. The maximum absolute atomic E-state index is 11.5. The molecule has 2 rings (SSSR count). The lowest BCUT2D eigenvalue weighted by atomic mass is 10.1. The van der Waals surface area contributed by atoms with Crippen LogP contribution in [0.4, 0.5) is 0 Å². The predicted octanol–water partition coefficient (Wildman–Crippen LogP) is 2.75. The molecule has 0 saturated heterocycles. The zero-order chi connectivity index (χ0) is 9.97. The Kier molecular flexibility index (Phi) is 2.35. The number of fused-ring (bicyclic) bond motifs is 1. The molecular weight excluding hydrogens is 176 g/mol. The SMILES string of the molecule is CCCc1cc2ccccc2c(=O)o1. The average Bonchev–Trinajstić information content (AvgIpc) is 2.18. The number of benzene rings is 1. The normalized spacial score (nSPS) is 10.6. The van der Waals surface area contributed by atoms with Gasteiger partial charge in [0.2, 0.25) is 0 Å². The van der Waals surface area contributed by atoms with Crippen molar-refractivity contribution < 1.29 is 4.42 Å². The summed E-state index contributed by atoms with van der Waals surface area (Å²) in [6.07, 6.45) is 1.81. The van der Waals surface area contributed by atoms with Crippen molar-refractivity contribution in [2.24, 2.45) is 0 Å². The summed E-state index contributed by atoms with van der Waals surface area (Å²) in [5.74, 6) is 0.774. The van der Waals surface area contributed by atoms with Crippen LogP contribution in [0.3, 0.4) is 0 Å². The molecule has 0 aliphatic heterocycles. The maximum atomic E-state index is 11.5. The van der Waals surface area contributed by atoms with Crippen LogP contribution < -0.4 is 5.63 Å². The minimum atomic E-state index is -0.230. The minimum Gasteiger partial charge on any atom is -0.427 e. The monoisotopic (exact) mass is 188 g/mol. The van der Waals surface area contributed by atoms with Crippen molar-refractivity contribution in [3.8, 4) is 0 Å². The van der Waals surface area contributed by atoms with E-state index < -0.39 is 0 Å². The van der Waals surface area contributed by atoms with Crippen molar-refractivity contribution in [1.82, 2.24) is 0 Å². The van der Waals surface area contributed by atoms with Gasteiger partial charge in [-0.25, -0.2) is 4.79 Å². The first kappa shape index (κ1) is 9.00. The van der Waals surface area contributed by atoms with Gasteiger partial charge in [0.1, 0.15) is 5.76 Å². The molecular formula is C12H12O2. The lowest BCUT2D eigenvalue weighted by Crippen LogP contribution is -2.01. The summed E-state index contributed by atoms with van der Waals surface area (Å²) in [6, 6.07) is 9.44. The second kappa shape index (κ2) is 3.66. The molecule has 0 saturated carbocycles. The zero-order valence-electron chi connectivity index (χ0n) is 8.12. The van der Waals surface area contributed by atoms with E-state index in [4.69, 9.17) is 4.42 Å². The quantitative estimate of drug-likeness (QED) is 0.725. The van der Waals surface area contributed by atoms with Crippen molar-refractivity contribution in [2.45, 2.75) is 19.8 Å². The predicted molar refractivity (Wildman–Crippen MR) is 56.5 cm³/mol. The van der Waals surface area contributed by atoms with Gasteiger partial charge in [0.25, 0.3) is 0 Å². The summed E-state index contributed by atoms with van der Waals surface area (Å²) in [4.78, 5) is 11.5. The Morgan fingerprint density at radius 2 is 2.07 bits per heavy atom. The lowest BCUT2D eigenvalue weighted by Gasteiger charge is -1.99. The fourth-order valence-electron chi connectivity index (χ4n) is 1.56. The van der Waals surface area contributed by atoms with Gasteiger partial charge in [0.15, 0.2) is 0 Å². The molecule has 1 heterocycles. The molecule has 0 bridgehead atoms. The number of hydrogen-bond donors (Lipinski definition) is 0. The van der Waals surface area contributed by atoms with E-state index in [1.54, 1.807) is 6.07 Å². The molecule has 0 spiro atoms. The summed E-state index contributed by atoms with van der Waals surface area (Å²) in [6.45, 7) is 2.06. The van der Waals surface area contributed by atoms with Crippen LogP contribution in [-0.2, 0) is 6.42 Å². The largest absolute Gasteiger partial charge is 0.427 e. The first-order valence-corrected chi connectivity index (χ1v) is 4.83. The summed E-state index contributed by atoms with van der Waals surface area (Å²) in [5.41, 5.74) is -0.230. The lowest BCUT2D eigenvalue weighted by molar-refractivity contribution is 0.464. The first-order valence-electron chi connectivity index (χ1n) is 4.83. The highest BCUT2D eigenvalue weighted by Gasteiger charge is 2.02. The van der Waals surface area contributed by atoms with Gasteiger partial charge in [-0.3, -0.25) is 0 Å². The number of hydrogen-bond acceptors (Lipinski definition) is 2. The summed E-state index contributed by atoms with van der Waals surface area (Å²) in [7, 11) is 0. The molecule has 1 aromatic heterocycles. The molecule has 0 unspecified atom stereocenters. The Hall–Kier alpha value is -1.57. The van der Waals surface area contributed by atoms with Gasteiger partial charge in [0.05, 0.1) is 5.39 Å². The highest BCUT2D eigenvalue weighted by molar-refractivity contribution is 5.81. The second-order valence-electron chi connectivity index (χ2n) is 3.34. The molecule has 72 valence electrons. The van der Waals surface area contributed by atoms with Crippen LogP contribution >= 0.6 is 0 Å². The van der Waals surface area contributed by atoms with Gasteiger partial charge in [0, 0.05) is 6.42 Å². The molecule has 0 amide bonds. The number of rotatable bonds is 2.